The first-order valence-corrected chi connectivity index (χ1v) is 14.5. The van der Waals surface area contributed by atoms with Gasteiger partial charge >= 0.3 is 12.1 Å². The van der Waals surface area contributed by atoms with Crippen LogP contribution in [0.3, 0.4) is 0 Å². The lowest BCUT2D eigenvalue weighted by Gasteiger charge is -2.29. The first kappa shape index (κ1) is 32.1. The fourth-order valence-corrected chi connectivity index (χ4v) is 5.24. The number of aromatic amines is 1. The van der Waals surface area contributed by atoms with Crippen molar-refractivity contribution in [3.05, 3.63) is 94.5 Å². The fourth-order valence-electron chi connectivity index (χ4n) is 5.24. The maximum Gasteiger partial charge on any atom is 0.490 e. The Hall–Kier alpha value is -5.87. The molecule has 17 heteroatoms. The van der Waals surface area contributed by atoms with Crippen LogP contribution >= 0.6 is 0 Å². The number of halogens is 5. The number of H-pyrrole nitrogens is 1. The van der Waals surface area contributed by atoms with Crippen LogP contribution in [0.1, 0.15) is 36.0 Å². The van der Waals surface area contributed by atoms with E-state index >= 15 is 4.39 Å². The number of esters is 1. The number of carbonyl (C=O) groups is 2. The smallest absolute Gasteiger partial charge is 0.456 e. The summed E-state index contributed by atoms with van der Waals surface area (Å²) in [4.78, 5) is 41.3. The summed E-state index contributed by atoms with van der Waals surface area (Å²) in [6.45, 7) is 0. The van der Waals surface area contributed by atoms with E-state index in [-0.39, 0.29) is 52.7 Å². The lowest BCUT2D eigenvalue weighted by molar-refractivity contribution is -0.206. The SMILES string of the molecule is O=C(Nc1ccc(Oc2ccnc3[nH]nc(NC4CCCC(OC(=O)C(F)(F)F)C4)c23)c(F)c1)c1ccnn(-c2ccc(F)cc2)c1=O. The first-order valence-electron chi connectivity index (χ1n) is 14.5. The van der Waals surface area contributed by atoms with Crippen molar-refractivity contribution in [1.82, 2.24) is 25.0 Å². The third-order valence-corrected chi connectivity index (χ3v) is 7.47. The monoisotopic (exact) mass is 669 g/mol. The van der Waals surface area contributed by atoms with E-state index in [0.29, 0.717) is 18.2 Å². The molecular formula is C31H24F5N7O5. The second-order valence-corrected chi connectivity index (χ2v) is 10.8. The van der Waals surface area contributed by atoms with E-state index in [0.717, 1.165) is 22.9 Å². The maximum atomic E-state index is 15.3. The summed E-state index contributed by atoms with van der Waals surface area (Å²) in [5, 5.41) is 16.8. The number of alkyl halides is 3. The average molecular weight is 670 g/mol. The van der Waals surface area contributed by atoms with E-state index in [1.54, 1.807) is 0 Å². The van der Waals surface area contributed by atoms with Crippen LogP contribution in [0, 0.1) is 11.6 Å². The zero-order valence-electron chi connectivity index (χ0n) is 24.6. The lowest BCUT2D eigenvalue weighted by atomic mass is 9.92. The van der Waals surface area contributed by atoms with E-state index in [4.69, 9.17) is 4.74 Å². The highest BCUT2D eigenvalue weighted by atomic mass is 19.4. The van der Waals surface area contributed by atoms with E-state index in [1.165, 1.54) is 48.8 Å². The number of ether oxygens (including phenoxy) is 2. The van der Waals surface area contributed by atoms with Crippen LogP contribution in [0.2, 0.25) is 0 Å². The summed E-state index contributed by atoms with van der Waals surface area (Å²) >= 11 is 0. The molecule has 6 rings (SSSR count). The Morgan fingerprint density at radius 1 is 0.979 bits per heavy atom. The molecule has 2 aromatic carbocycles. The van der Waals surface area contributed by atoms with Crippen LogP contribution in [0.15, 0.2) is 71.8 Å². The number of hydrogen-bond donors (Lipinski definition) is 3. The predicted molar refractivity (Wildman–Crippen MR) is 160 cm³/mol. The molecule has 3 N–H and O–H groups in total. The zero-order valence-corrected chi connectivity index (χ0v) is 24.6. The van der Waals surface area contributed by atoms with E-state index in [1.807, 2.05) is 0 Å². The molecule has 2 atom stereocenters. The number of anilines is 2. The van der Waals surface area contributed by atoms with E-state index in [9.17, 15) is 31.9 Å². The van der Waals surface area contributed by atoms with Gasteiger partial charge in [0, 0.05) is 42.7 Å². The largest absolute Gasteiger partial charge is 0.490 e. The maximum absolute atomic E-state index is 15.3. The molecule has 0 spiro atoms. The molecule has 1 aliphatic carbocycles. The number of nitrogens with one attached hydrogen (secondary N) is 3. The van der Waals surface area contributed by atoms with Gasteiger partial charge in [-0.05, 0) is 61.7 Å². The van der Waals surface area contributed by atoms with Crippen molar-refractivity contribution >= 4 is 34.4 Å². The molecule has 12 nitrogen and oxygen atoms in total. The van der Waals surface area contributed by atoms with Gasteiger partial charge in [0.15, 0.2) is 23.0 Å². The van der Waals surface area contributed by atoms with Crippen molar-refractivity contribution in [1.29, 1.82) is 0 Å². The van der Waals surface area contributed by atoms with E-state index < -0.39 is 47.4 Å². The third kappa shape index (κ3) is 6.93. The minimum Gasteiger partial charge on any atom is -0.456 e. The number of carbonyl (C=O) groups excluding carboxylic acids is 2. The van der Waals surface area contributed by atoms with Crippen molar-refractivity contribution in [3.63, 3.8) is 0 Å². The van der Waals surface area contributed by atoms with Crippen molar-refractivity contribution in [2.45, 2.75) is 44.0 Å². The van der Waals surface area contributed by atoms with Crippen LogP contribution in [-0.4, -0.2) is 55.2 Å². The number of amides is 1. The molecule has 1 aliphatic rings. The quantitative estimate of drug-likeness (QED) is 0.140. The summed E-state index contributed by atoms with van der Waals surface area (Å²) in [5.74, 6) is -4.31. The number of fused-ring (bicyclic) bond motifs is 1. The molecule has 248 valence electrons. The lowest BCUT2D eigenvalue weighted by Crippen LogP contribution is -2.36. The molecule has 0 aliphatic heterocycles. The highest BCUT2D eigenvalue weighted by Crippen LogP contribution is 2.36. The van der Waals surface area contributed by atoms with E-state index in [2.05, 4.69) is 35.7 Å². The average Bonchev–Trinajstić information content (AvgIpc) is 3.46. The van der Waals surface area contributed by atoms with Gasteiger partial charge in [0.05, 0.1) is 5.69 Å². The van der Waals surface area contributed by atoms with Crippen LogP contribution in [-0.2, 0) is 9.53 Å². The van der Waals surface area contributed by atoms with Crippen LogP contribution in [0.4, 0.5) is 33.5 Å². The van der Waals surface area contributed by atoms with Gasteiger partial charge in [-0.25, -0.2) is 18.6 Å². The van der Waals surface area contributed by atoms with Gasteiger partial charge in [0.25, 0.3) is 11.5 Å². The molecule has 3 heterocycles. The number of nitrogens with zero attached hydrogens (tertiary/aromatic N) is 4. The molecule has 3 aromatic heterocycles. The first-order chi connectivity index (χ1) is 23.0. The van der Waals surface area contributed by atoms with Crippen LogP contribution < -0.4 is 20.9 Å². The minimum absolute atomic E-state index is 0.0120. The Morgan fingerprint density at radius 3 is 2.52 bits per heavy atom. The highest BCUT2D eigenvalue weighted by Gasteiger charge is 2.43. The van der Waals surface area contributed by atoms with Gasteiger partial charge in [-0.2, -0.15) is 28.1 Å². The van der Waals surface area contributed by atoms with Gasteiger partial charge in [-0.15, -0.1) is 0 Å². The number of hydrogen-bond acceptors (Lipinski definition) is 9. The Bertz CT molecular complexity index is 2050. The Morgan fingerprint density at radius 2 is 1.77 bits per heavy atom. The Labute approximate surface area is 266 Å². The molecule has 1 amide bonds. The summed E-state index contributed by atoms with van der Waals surface area (Å²) < 4.78 is 78.0. The van der Waals surface area contributed by atoms with Gasteiger partial charge in [0.1, 0.15) is 28.6 Å². The van der Waals surface area contributed by atoms with Gasteiger partial charge in [0.2, 0.25) is 0 Å². The molecule has 5 aromatic rings. The fraction of sp³-hybridized carbons (Fsp3) is 0.226. The summed E-state index contributed by atoms with van der Waals surface area (Å²) in [5.41, 5.74) is -0.549. The van der Waals surface area contributed by atoms with Crippen molar-refractivity contribution in [2.75, 3.05) is 10.6 Å². The normalized spacial score (nSPS) is 16.4. The van der Waals surface area contributed by atoms with Crippen molar-refractivity contribution in [3.8, 4) is 17.2 Å². The molecule has 0 saturated heterocycles. The number of rotatable bonds is 8. The number of pyridine rings is 1. The van der Waals surface area contributed by atoms with Gasteiger partial charge < -0.3 is 20.1 Å². The van der Waals surface area contributed by atoms with Crippen LogP contribution in [0.5, 0.6) is 11.5 Å². The highest BCUT2D eigenvalue weighted by molar-refractivity contribution is 6.04. The molecule has 1 fully saturated rings. The second kappa shape index (κ2) is 13.1. The molecular weight excluding hydrogens is 645 g/mol. The topological polar surface area (TPSA) is 153 Å². The van der Waals surface area contributed by atoms with Gasteiger partial charge in [-0.3, -0.25) is 14.7 Å². The molecule has 48 heavy (non-hydrogen) atoms. The number of benzene rings is 2. The zero-order chi connectivity index (χ0) is 34.0. The molecule has 0 bridgehead atoms. The third-order valence-electron chi connectivity index (χ3n) is 7.47. The summed E-state index contributed by atoms with van der Waals surface area (Å²) in [7, 11) is 0. The predicted octanol–water partition coefficient (Wildman–Crippen LogP) is 5.66. The summed E-state index contributed by atoms with van der Waals surface area (Å²) in [6, 6.07) is 10.8. The van der Waals surface area contributed by atoms with Crippen molar-refractivity contribution < 1.29 is 41.0 Å². The molecule has 0 radical (unpaired) electrons. The molecule has 1 saturated carbocycles. The summed E-state index contributed by atoms with van der Waals surface area (Å²) in [6.07, 6.45) is -1.97. The minimum atomic E-state index is -5.09. The van der Waals surface area contributed by atoms with Crippen molar-refractivity contribution in [2.24, 2.45) is 0 Å². The number of aromatic nitrogens is 5. The standard InChI is InChI=1S/C31H24F5N7O5/c32-16-4-7-19(8-5-16)43-29(45)21(10-13-38-43)28(44)40-18-6-9-23(22(33)15-18)48-24-11-12-37-26-25(24)27(42-41-26)39-17-2-1-3-20(14-17)47-30(46)31(34,35)36/h4-13,15,17,20H,1-3,14H2,(H,40,44)(H2,37,39,41,42). The second-order valence-electron chi connectivity index (χ2n) is 10.8. The Kier molecular flexibility index (Phi) is 8.75. The molecule has 2 unspecified atom stereocenters. The van der Waals surface area contributed by atoms with Crippen LogP contribution in [0.25, 0.3) is 16.7 Å². The Balaban J connectivity index is 1.16. The van der Waals surface area contributed by atoms with Gasteiger partial charge in [-0.1, -0.05) is 0 Å².